The Morgan fingerprint density at radius 3 is 2.56 bits per heavy atom. The first kappa shape index (κ1) is 13.3. The summed E-state index contributed by atoms with van der Waals surface area (Å²) in [5.74, 6) is 0.586. The Bertz CT molecular complexity index is 223. The summed E-state index contributed by atoms with van der Waals surface area (Å²) in [5, 5.41) is 2.62. The second-order valence-electron chi connectivity index (χ2n) is 4.31. The van der Waals surface area contributed by atoms with Crippen molar-refractivity contribution in [2.45, 2.75) is 37.9 Å². The van der Waals surface area contributed by atoms with Crippen LogP contribution in [0.15, 0.2) is 0 Å². The van der Waals surface area contributed by atoms with E-state index in [1.807, 2.05) is 0 Å². The molecule has 5 nitrogen and oxygen atoms in total. The molecule has 0 bridgehead atoms. The van der Waals surface area contributed by atoms with Crippen LogP contribution >= 0.6 is 0 Å². The Labute approximate surface area is 96.7 Å². The average molecular weight is 230 g/mol. The molecule has 0 unspecified atom stereocenters. The smallest absolute Gasteiger partial charge is 0.312 e. The lowest BCUT2D eigenvalue weighted by Gasteiger charge is -2.34. The van der Waals surface area contributed by atoms with Crippen LogP contribution in [-0.2, 0) is 9.47 Å². The van der Waals surface area contributed by atoms with Crippen molar-refractivity contribution >= 4 is 6.03 Å². The highest BCUT2D eigenvalue weighted by Crippen LogP contribution is 2.29. The molecule has 1 fully saturated rings. The molecule has 0 aromatic rings. The molecule has 0 saturated heterocycles. The van der Waals surface area contributed by atoms with Crippen molar-refractivity contribution in [3.8, 4) is 0 Å². The van der Waals surface area contributed by atoms with Crippen LogP contribution in [0.25, 0.3) is 0 Å². The van der Waals surface area contributed by atoms with Crippen molar-refractivity contribution in [1.29, 1.82) is 0 Å². The number of nitrogens with one attached hydrogen (secondary N) is 1. The van der Waals surface area contributed by atoms with E-state index in [1.165, 1.54) is 0 Å². The van der Waals surface area contributed by atoms with Gasteiger partial charge in [0.15, 0.2) is 0 Å². The molecule has 94 valence electrons. The van der Waals surface area contributed by atoms with E-state index in [0.717, 1.165) is 25.7 Å². The number of hydrogen-bond donors (Lipinski definition) is 2. The minimum absolute atomic E-state index is 0.178. The van der Waals surface area contributed by atoms with E-state index in [1.54, 1.807) is 14.2 Å². The lowest BCUT2D eigenvalue weighted by molar-refractivity contribution is -0.0709. The third-order valence-electron chi connectivity index (χ3n) is 3.30. The van der Waals surface area contributed by atoms with Crippen LogP contribution in [0.3, 0.4) is 0 Å². The summed E-state index contributed by atoms with van der Waals surface area (Å²) in [7, 11) is 3.45. The zero-order chi connectivity index (χ0) is 12.0. The predicted octanol–water partition coefficient (Wildman–Crippen LogP) is 0.875. The molecule has 0 aromatic carbocycles. The van der Waals surface area contributed by atoms with E-state index in [9.17, 15) is 4.79 Å². The maximum atomic E-state index is 10.5. The van der Waals surface area contributed by atoms with Gasteiger partial charge in [-0.15, -0.1) is 0 Å². The van der Waals surface area contributed by atoms with Crippen molar-refractivity contribution in [2.24, 2.45) is 11.7 Å². The van der Waals surface area contributed by atoms with E-state index in [0.29, 0.717) is 12.5 Å². The van der Waals surface area contributed by atoms with Gasteiger partial charge in [-0.2, -0.15) is 0 Å². The third-order valence-corrected chi connectivity index (χ3v) is 3.30. The Morgan fingerprint density at radius 2 is 2.00 bits per heavy atom. The number of nitrogens with two attached hydrogens (primary N) is 1. The van der Waals surface area contributed by atoms with Gasteiger partial charge in [0.25, 0.3) is 0 Å². The maximum Gasteiger partial charge on any atom is 0.312 e. The summed E-state index contributed by atoms with van der Waals surface area (Å²) in [6, 6.07) is -0.450. The summed E-state index contributed by atoms with van der Waals surface area (Å²) < 4.78 is 10.8. The van der Waals surface area contributed by atoms with Crippen molar-refractivity contribution in [2.75, 3.05) is 20.8 Å². The van der Waals surface area contributed by atoms with E-state index >= 15 is 0 Å². The van der Waals surface area contributed by atoms with Gasteiger partial charge < -0.3 is 20.5 Å². The van der Waals surface area contributed by atoms with Crippen LogP contribution in [0.2, 0.25) is 0 Å². The van der Waals surface area contributed by atoms with Crippen LogP contribution in [0, 0.1) is 5.92 Å². The lowest BCUT2D eigenvalue weighted by Crippen LogP contribution is -2.38. The molecule has 1 aliphatic carbocycles. The van der Waals surface area contributed by atoms with Crippen LogP contribution in [0.1, 0.15) is 25.7 Å². The predicted molar refractivity (Wildman–Crippen MR) is 61.1 cm³/mol. The summed E-state index contributed by atoms with van der Waals surface area (Å²) >= 11 is 0. The van der Waals surface area contributed by atoms with Crippen molar-refractivity contribution in [3.05, 3.63) is 0 Å². The molecule has 1 rings (SSSR count). The van der Waals surface area contributed by atoms with Gasteiger partial charge in [-0.1, -0.05) is 0 Å². The Balaban J connectivity index is 2.27. The highest BCUT2D eigenvalue weighted by molar-refractivity contribution is 5.71. The van der Waals surface area contributed by atoms with Crippen LogP contribution < -0.4 is 11.1 Å². The van der Waals surface area contributed by atoms with Gasteiger partial charge in [0, 0.05) is 20.8 Å². The number of carbonyl (C=O) groups excluding carboxylic acids is 1. The first-order valence-corrected chi connectivity index (χ1v) is 5.76. The molecule has 1 saturated carbocycles. The fraction of sp³-hybridized carbons (Fsp3) is 0.909. The summed E-state index contributed by atoms with van der Waals surface area (Å²) in [4.78, 5) is 10.5. The second kappa shape index (κ2) is 6.70. The molecule has 0 aliphatic heterocycles. The highest BCUT2D eigenvalue weighted by atomic mass is 16.5. The minimum Gasteiger partial charge on any atom is -0.379 e. The molecule has 1 aliphatic rings. The van der Waals surface area contributed by atoms with E-state index < -0.39 is 6.03 Å². The van der Waals surface area contributed by atoms with Gasteiger partial charge in [0.1, 0.15) is 0 Å². The van der Waals surface area contributed by atoms with Crippen molar-refractivity contribution in [1.82, 2.24) is 5.32 Å². The lowest BCUT2D eigenvalue weighted by atomic mass is 9.83. The molecule has 3 atom stereocenters. The number of carbonyl (C=O) groups is 1. The van der Waals surface area contributed by atoms with Gasteiger partial charge >= 0.3 is 6.03 Å². The molecular formula is C11H22N2O3. The zero-order valence-corrected chi connectivity index (χ0v) is 10.1. The molecule has 0 heterocycles. The Hall–Kier alpha value is -0.810. The first-order valence-electron chi connectivity index (χ1n) is 5.76. The molecule has 2 amide bonds. The van der Waals surface area contributed by atoms with Crippen LogP contribution in [0.4, 0.5) is 4.79 Å². The maximum absolute atomic E-state index is 10.5. The van der Waals surface area contributed by atoms with E-state index in [-0.39, 0.29) is 12.2 Å². The first-order chi connectivity index (χ1) is 7.67. The quantitative estimate of drug-likeness (QED) is 0.736. The number of rotatable bonds is 5. The summed E-state index contributed by atoms with van der Waals surface area (Å²) in [5.41, 5.74) is 5.01. The van der Waals surface area contributed by atoms with Gasteiger partial charge in [-0.05, 0) is 31.6 Å². The highest BCUT2D eigenvalue weighted by Gasteiger charge is 2.30. The molecule has 3 N–H and O–H groups in total. The Kier molecular flexibility index (Phi) is 5.55. The fourth-order valence-corrected chi connectivity index (χ4v) is 2.36. The van der Waals surface area contributed by atoms with Crippen molar-refractivity contribution in [3.63, 3.8) is 0 Å². The van der Waals surface area contributed by atoms with E-state index in [4.69, 9.17) is 15.2 Å². The van der Waals surface area contributed by atoms with Gasteiger partial charge in [-0.3, -0.25) is 0 Å². The SMILES string of the molecule is CO[C@H]1C[C@H](CCNC(N)=O)CC[C@H]1OC. The summed E-state index contributed by atoms with van der Waals surface area (Å²) in [6.07, 6.45) is 4.49. The number of ether oxygens (including phenoxy) is 2. The third kappa shape index (κ3) is 3.98. The minimum atomic E-state index is -0.450. The normalized spacial score (nSPS) is 30.0. The number of hydrogen-bond acceptors (Lipinski definition) is 3. The van der Waals surface area contributed by atoms with Crippen molar-refractivity contribution < 1.29 is 14.3 Å². The number of primary amides is 1. The topological polar surface area (TPSA) is 73.6 Å². The number of urea groups is 1. The molecular weight excluding hydrogens is 208 g/mol. The van der Waals surface area contributed by atoms with E-state index in [2.05, 4.69) is 5.32 Å². The van der Waals surface area contributed by atoms with Gasteiger partial charge in [0.05, 0.1) is 12.2 Å². The van der Waals surface area contributed by atoms with Crippen LogP contribution in [-0.4, -0.2) is 39.0 Å². The van der Waals surface area contributed by atoms with Crippen LogP contribution in [0.5, 0.6) is 0 Å². The van der Waals surface area contributed by atoms with Gasteiger partial charge in [-0.25, -0.2) is 4.79 Å². The molecule has 0 aromatic heterocycles. The van der Waals surface area contributed by atoms with Gasteiger partial charge in [0.2, 0.25) is 0 Å². The molecule has 0 radical (unpaired) electrons. The average Bonchev–Trinajstić information content (AvgIpc) is 2.28. The number of methoxy groups -OCH3 is 2. The summed E-state index contributed by atoms with van der Waals surface area (Å²) in [6.45, 7) is 0.647. The fourth-order valence-electron chi connectivity index (χ4n) is 2.36. The number of amides is 2. The zero-order valence-electron chi connectivity index (χ0n) is 10.1. The molecule has 5 heteroatoms. The molecule has 0 spiro atoms. The Morgan fingerprint density at radius 1 is 1.31 bits per heavy atom. The largest absolute Gasteiger partial charge is 0.379 e. The monoisotopic (exact) mass is 230 g/mol. The standard InChI is InChI=1S/C11H22N2O3/c1-15-9-4-3-8(7-10(9)16-2)5-6-13-11(12)14/h8-10H,3-7H2,1-2H3,(H3,12,13,14)/t8-,9+,10-/m0/s1. The molecule has 16 heavy (non-hydrogen) atoms. The second-order valence-corrected chi connectivity index (χ2v) is 4.31.